The lowest BCUT2D eigenvalue weighted by Crippen LogP contribution is -2.48. The molecule has 0 saturated carbocycles. The van der Waals surface area contributed by atoms with Crippen LogP contribution in [0.1, 0.15) is 16.7 Å². The average molecular weight is 491 g/mol. The Bertz CT molecular complexity index is 1260. The van der Waals surface area contributed by atoms with E-state index in [4.69, 9.17) is 4.42 Å². The van der Waals surface area contributed by atoms with Crippen molar-refractivity contribution in [3.05, 3.63) is 74.0 Å². The molecule has 0 atom stereocenters. The number of fused-ring (bicyclic) bond motifs is 1. The molecule has 1 saturated heterocycles. The fraction of sp³-hybridized carbons (Fsp3) is 0.318. The molecule has 6 nitrogen and oxygen atoms in total. The van der Waals surface area contributed by atoms with Crippen molar-refractivity contribution >= 4 is 36.9 Å². The molecule has 0 N–H and O–H groups in total. The van der Waals surface area contributed by atoms with Gasteiger partial charge in [-0.3, -0.25) is 4.90 Å². The lowest BCUT2D eigenvalue weighted by atomic mass is 10.0. The second-order valence-electron chi connectivity index (χ2n) is 7.66. The number of halogens is 1. The maximum absolute atomic E-state index is 12.9. The summed E-state index contributed by atoms with van der Waals surface area (Å²) in [5.41, 5.74) is 3.36. The van der Waals surface area contributed by atoms with E-state index in [2.05, 4.69) is 26.9 Å². The maximum atomic E-state index is 12.9. The van der Waals surface area contributed by atoms with Crippen LogP contribution < -0.4 is 5.63 Å². The predicted octanol–water partition coefficient (Wildman–Crippen LogP) is 3.68. The molecule has 8 heteroatoms. The molecule has 0 aliphatic carbocycles. The van der Waals surface area contributed by atoms with Crippen molar-refractivity contribution in [1.29, 1.82) is 0 Å². The van der Waals surface area contributed by atoms with E-state index < -0.39 is 10.0 Å². The molecule has 0 amide bonds. The summed E-state index contributed by atoms with van der Waals surface area (Å²) in [6.07, 6.45) is 0. The topological polar surface area (TPSA) is 70.8 Å². The summed E-state index contributed by atoms with van der Waals surface area (Å²) in [4.78, 5) is 14.5. The van der Waals surface area contributed by atoms with Crippen LogP contribution >= 0.6 is 15.9 Å². The maximum Gasteiger partial charge on any atom is 0.336 e. The van der Waals surface area contributed by atoms with E-state index in [1.165, 1.54) is 4.31 Å². The molecule has 2 aromatic carbocycles. The summed E-state index contributed by atoms with van der Waals surface area (Å²) < 4.78 is 33.5. The van der Waals surface area contributed by atoms with Gasteiger partial charge in [-0.15, -0.1) is 0 Å². The molecule has 4 rings (SSSR count). The highest BCUT2D eigenvalue weighted by atomic mass is 79.9. The Balaban J connectivity index is 1.52. The van der Waals surface area contributed by atoms with Gasteiger partial charge in [0.15, 0.2) is 0 Å². The Hall–Kier alpha value is -2.00. The first-order valence-electron chi connectivity index (χ1n) is 9.76. The minimum atomic E-state index is -3.52. The van der Waals surface area contributed by atoms with Crippen molar-refractivity contribution in [2.24, 2.45) is 0 Å². The van der Waals surface area contributed by atoms with Crippen molar-refractivity contribution in [2.45, 2.75) is 25.3 Å². The smallest absolute Gasteiger partial charge is 0.336 e. The van der Waals surface area contributed by atoms with E-state index >= 15 is 0 Å². The zero-order valence-electron chi connectivity index (χ0n) is 16.9. The molecule has 30 heavy (non-hydrogen) atoms. The predicted molar refractivity (Wildman–Crippen MR) is 120 cm³/mol. The van der Waals surface area contributed by atoms with Gasteiger partial charge in [0.1, 0.15) is 5.58 Å². The summed E-state index contributed by atoms with van der Waals surface area (Å²) in [7, 11) is -3.52. The second-order valence-corrected chi connectivity index (χ2v) is 10.5. The molecule has 0 spiro atoms. The Kier molecular flexibility index (Phi) is 5.85. The average Bonchev–Trinajstić information content (AvgIpc) is 2.70. The normalized spacial score (nSPS) is 16.2. The van der Waals surface area contributed by atoms with Gasteiger partial charge in [-0.25, -0.2) is 13.2 Å². The van der Waals surface area contributed by atoms with Gasteiger partial charge in [-0.1, -0.05) is 22.0 Å². The van der Waals surface area contributed by atoms with Gasteiger partial charge in [-0.05, 0) is 60.9 Å². The highest BCUT2D eigenvalue weighted by Gasteiger charge is 2.28. The van der Waals surface area contributed by atoms with Crippen LogP contribution in [0.5, 0.6) is 0 Å². The number of nitrogens with zero attached hydrogens (tertiary/aromatic N) is 2. The Morgan fingerprint density at radius 1 is 1.00 bits per heavy atom. The third kappa shape index (κ3) is 4.23. The summed E-state index contributed by atoms with van der Waals surface area (Å²) in [6, 6.07) is 12.3. The summed E-state index contributed by atoms with van der Waals surface area (Å²) in [5.74, 6) is 0. The van der Waals surface area contributed by atoms with Gasteiger partial charge in [0.05, 0.1) is 4.90 Å². The Morgan fingerprint density at radius 3 is 2.40 bits per heavy atom. The van der Waals surface area contributed by atoms with Gasteiger partial charge >= 0.3 is 5.63 Å². The standard InChI is InChI=1S/C22H23BrN2O4S/c1-15-10-20-17(12-22(26)29-21(20)11-16(15)2)14-24-6-8-25(9-7-24)30(27,28)19-5-3-4-18(23)13-19/h3-5,10-13H,6-9,14H2,1-2H3. The number of sulfonamides is 1. The first-order valence-corrected chi connectivity index (χ1v) is 12.0. The molecule has 0 unspecified atom stereocenters. The van der Waals surface area contributed by atoms with Crippen molar-refractivity contribution in [1.82, 2.24) is 9.21 Å². The van der Waals surface area contributed by atoms with Gasteiger partial charge in [0.25, 0.3) is 0 Å². The molecule has 3 aromatic rings. The van der Waals surface area contributed by atoms with Gasteiger partial charge in [0, 0.05) is 48.6 Å². The monoisotopic (exact) mass is 490 g/mol. The van der Waals surface area contributed by atoms with Crippen LogP contribution in [0, 0.1) is 13.8 Å². The van der Waals surface area contributed by atoms with Crippen LogP contribution in [-0.2, 0) is 16.6 Å². The van der Waals surface area contributed by atoms with Crippen LogP contribution in [0.2, 0.25) is 0 Å². The second kappa shape index (κ2) is 8.26. The molecule has 0 bridgehead atoms. The van der Waals surface area contributed by atoms with Crippen LogP contribution in [0.15, 0.2) is 61.0 Å². The lowest BCUT2D eigenvalue weighted by molar-refractivity contribution is 0.182. The van der Waals surface area contributed by atoms with Crippen LogP contribution in [-0.4, -0.2) is 43.8 Å². The molecule has 1 aromatic heterocycles. The number of hydrogen-bond donors (Lipinski definition) is 0. The largest absolute Gasteiger partial charge is 0.423 e. The summed E-state index contributed by atoms with van der Waals surface area (Å²) >= 11 is 3.34. The third-order valence-electron chi connectivity index (χ3n) is 5.60. The summed E-state index contributed by atoms with van der Waals surface area (Å²) in [5, 5.41) is 0.932. The van der Waals surface area contributed by atoms with Crippen molar-refractivity contribution in [2.75, 3.05) is 26.2 Å². The minimum Gasteiger partial charge on any atom is -0.423 e. The number of piperazine rings is 1. The highest BCUT2D eigenvalue weighted by Crippen LogP contribution is 2.24. The van der Waals surface area contributed by atoms with Crippen LogP contribution in [0.25, 0.3) is 11.0 Å². The van der Waals surface area contributed by atoms with E-state index in [9.17, 15) is 13.2 Å². The van der Waals surface area contributed by atoms with Gasteiger partial charge in [-0.2, -0.15) is 4.31 Å². The van der Waals surface area contributed by atoms with Crippen LogP contribution in [0.3, 0.4) is 0 Å². The minimum absolute atomic E-state index is 0.294. The first kappa shape index (κ1) is 21.2. The Morgan fingerprint density at radius 2 is 1.70 bits per heavy atom. The fourth-order valence-corrected chi connectivity index (χ4v) is 5.78. The number of rotatable bonds is 4. The van der Waals surface area contributed by atoms with Gasteiger partial charge < -0.3 is 4.42 Å². The molecule has 0 radical (unpaired) electrons. The number of hydrogen-bond acceptors (Lipinski definition) is 5. The quantitative estimate of drug-likeness (QED) is 0.521. The van der Waals surface area contributed by atoms with E-state index in [1.54, 1.807) is 30.3 Å². The zero-order chi connectivity index (χ0) is 21.5. The summed E-state index contributed by atoms with van der Waals surface area (Å²) in [6.45, 7) is 6.62. The van der Waals surface area contributed by atoms with E-state index in [1.807, 2.05) is 19.9 Å². The molecule has 1 fully saturated rings. The molecule has 1 aliphatic heterocycles. The van der Waals surface area contributed by atoms with Crippen LogP contribution in [0.4, 0.5) is 0 Å². The van der Waals surface area contributed by atoms with Gasteiger partial charge in [0.2, 0.25) is 10.0 Å². The fourth-order valence-electron chi connectivity index (χ4n) is 3.76. The van der Waals surface area contributed by atoms with E-state index in [0.29, 0.717) is 43.2 Å². The van der Waals surface area contributed by atoms with E-state index in [0.717, 1.165) is 26.5 Å². The number of benzene rings is 2. The zero-order valence-corrected chi connectivity index (χ0v) is 19.3. The SMILES string of the molecule is Cc1cc2oc(=O)cc(CN3CCN(S(=O)(=O)c4cccc(Br)c4)CC3)c2cc1C. The van der Waals surface area contributed by atoms with E-state index in [-0.39, 0.29) is 5.63 Å². The molecule has 2 heterocycles. The Labute approximate surface area is 184 Å². The first-order chi connectivity index (χ1) is 14.2. The number of aryl methyl sites for hydroxylation is 2. The molecule has 158 valence electrons. The highest BCUT2D eigenvalue weighted by molar-refractivity contribution is 9.10. The lowest BCUT2D eigenvalue weighted by Gasteiger charge is -2.34. The molecular formula is C22H23BrN2O4S. The van der Waals surface area contributed by atoms with Crippen molar-refractivity contribution in [3.63, 3.8) is 0 Å². The van der Waals surface area contributed by atoms with Crippen molar-refractivity contribution < 1.29 is 12.8 Å². The molecule has 1 aliphatic rings. The third-order valence-corrected chi connectivity index (χ3v) is 7.99. The molecular weight excluding hydrogens is 468 g/mol. The van der Waals surface area contributed by atoms with Crippen molar-refractivity contribution in [3.8, 4) is 0 Å².